The van der Waals surface area contributed by atoms with Crippen LogP contribution in [-0.4, -0.2) is 18.2 Å². The van der Waals surface area contributed by atoms with E-state index in [4.69, 9.17) is 0 Å². The van der Waals surface area contributed by atoms with Crippen molar-refractivity contribution in [3.05, 3.63) is 28.0 Å². The average molecular weight is 260 g/mol. The molecule has 0 bridgehead atoms. The zero-order chi connectivity index (χ0) is 10.1. The SMILES string of the molecule is Oc1ccc(C2CCNC2)c(F)c1Br. The van der Waals surface area contributed by atoms with Crippen LogP contribution in [0.1, 0.15) is 17.9 Å². The molecular weight excluding hydrogens is 249 g/mol. The first-order valence-corrected chi connectivity index (χ1v) is 5.37. The van der Waals surface area contributed by atoms with E-state index in [1.54, 1.807) is 6.07 Å². The van der Waals surface area contributed by atoms with Crippen LogP contribution in [0.2, 0.25) is 0 Å². The molecule has 1 unspecified atom stereocenters. The van der Waals surface area contributed by atoms with Gasteiger partial charge in [-0.05, 0) is 40.5 Å². The Labute approximate surface area is 90.3 Å². The number of benzene rings is 1. The van der Waals surface area contributed by atoms with Crippen molar-refractivity contribution in [2.45, 2.75) is 12.3 Å². The van der Waals surface area contributed by atoms with E-state index in [0.29, 0.717) is 5.56 Å². The second-order valence-corrected chi connectivity index (χ2v) is 4.28. The minimum atomic E-state index is -0.335. The monoisotopic (exact) mass is 259 g/mol. The number of hydrogen-bond acceptors (Lipinski definition) is 2. The van der Waals surface area contributed by atoms with E-state index < -0.39 is 0 Å². The van der Waals surface area contributed by atoms with Gasteiger partial charge >= 0.3 is 0 Å². The molecule has 1 heterocycles. The van der Waals surface area contributed by atoms with Gasteiger partial charge in [-0.2, -0.15) is 0 Å². The number of hydrogen-bond donors (Lipinski definition) is 2. The van der Waals surface area contributed by atoms with Gasteiger partial charge in [0.05, 0.1) is 4.47 Å². The molecule has 0 radical (unpaired) electrons. The minimum absolute atomic E-state index is 0.0443. The van der Waals surface area contributed by atoms with Crippen molar-refractivity contribution in [2.75, 3.05) is 13.1 Å². The molecule has 1 aliphatic heterocycles. The second kappa shape index (κ2) is 3.87. The molecule has 1 aromatic rings. The summed E-state index contributed by atoms with van der Waals surface area (Å²) in [5.74, 6) is -0.150. The van der Waals surface area contributed by atoms with Crippen molar-refractivity contribution in [1.29, 1.82) is 0 Å². The van der Waals surface area contributed by atoms with E-state index in [1.807, 2.05) is 0 Å². The predicted molar refractivity (Wildman–Crippen MR) is 56.0 cm³/mol. The highest BCUT2D eigenvalue weighted by molar-refractivity contribution is 9.10. The lowest BCUT2D eigenvalue weighted by molar-refractivity contribution is 0.461. The Hall–Kier alpha value is -0.610. The summed E-state index contributed by atoms with van der Waals surface area (Å²) >= 11 is 3.03. The zero-order valence-corrected chi connectivity index (χ0v) is 9.14. The van der Waals surface area contributed by atoms with Crippen LogP contribution in [0, 0.1) is 5.82 Å². The number of halogens is 2. The topological polar surface area (TPSA) is 32.3 Å². The van der Waals surface area contributed by atoms with E-state index in [9.17, 15) is 9.50 Å². The summed E-state index contributed by atoms with van der Waals surface area (Å²) in [7, 11) is 0. The third-order valence-electron chi connectivity index (χ3n) is 2.59. The van der Waals surface area contributed by atoms with Gasteiger partial charge in [0, 0.05) is 12.5 Å². The van der Waals surface area contributed by atoms with E-state index in [-0.39, 0.29) is 22.0 Å². The molecule has 0 amide bonds. The van der Waals surface area contributed by atoms with Crippen LogP contribution >= 0.6 is 15.9 Å². The molecule has 4 heteroatoms. The molecule has 0 spiro atoms. The summed E-state index contributed by atoms with van der Waals surface area (Å²) < 4.78 is 13.8. The highest BCUT2D eigenvalue weighted by Gasteiger charge is 2.22. The van der Waals surface area contributed by atoms with Gasteiger partial charge in [0.1, 0.15) is 11.6 Å². The molecule has 2 rings (SSSR count). The largest absolute Gasteiger partial charge is 0.507 e. The molecule has 2 N–H and O–H groups in total. The number of rotatable bonds is 1. The molecule has 0 aliphatic carbocycles. The fourth-order valence-electron chi connectivity index (χ4n) is 1.79. The fraction of sp³-hybridized carbons (Fsp3) is 0.400. The van der Waals surface area contributed by atoms with Crippen molar-refractivity contribution in [3.8, 4) is 5.75 Å². The van der Waals surface area contributed by atoms with E-state index in [2.05, 4.69) is 21.2 Å². The van der Waals surface area contributed by atoms with Gasteiger partial charge < -0.3 is 10.4 Å². The van der Waals surface area contributed by atoms with Crippen LogP contribution in [0.25, 0.3) is 0 Å². The lowest BCUT2D eigenvalue weighted by Gasteiger charge is -2.11. The van der Waals surface area contributed by atoms with Crippen LogP contribution in [0.5, 0.6) is 5.75 Å². The molecular formula is C10H11BrFNO. The van der Waals surface area contributed by atoms with Crippen LogP contribution < -0.4 is 5.32 Å². The number of phenols is 1. The van der Waals surface area contributed by atoms with Crippen LogP contribution in [-0.2, 0) is 0 Å². The van der Waals surface area contributed by atoms with Gasteiger partial charge in [0.15, 0.2) is 0 Å². The first kappa shape index (κ1) is 9.93. The Kier molecular flexibility index (Phi) is 2.74. The molecule has 1 fully saturated rings. The molecule has 1 aromatic carbocycles. The Bertz CT molecular complexity index is 350. The summed E-state index contributed by atoms with van der Waals surface area (Å²) in [6, 6.07) is 3.19. The molecule has 14 heavy (non-hydrogen) atoms. The van der Waals surface area contributed by atoms with Crippen LogP contribution in [0.3, 0.4) is 0 Å². The van der Waals surface area contributed by atoms with Gasteiger partial charge in [0.2, 0.25) is 0 Å². The number of aromatic hydroxyl groups is 1. The lowest BCUT2D eigenvalue weighted by Crippen LogP contribution is -2.09. The molecule has 2 nitrogen and oxygen atoms in total. The highest BCUT2D eigenvalue weighted by atomic mass is 79.9. The summed E-state index contributed by atoms with van der Waals surface area (Å²) in [4.78, 5) is 0. The van der Waals surface area contributed by atoms with Gasteiger partial charge in [-0.25, -0.2) is 4.39 Å². The number of nitrogens with one attached hydrogen (secondary N) is 1. The first-order chi connectivity index (χ1) is 6.70. The quantitative estimate of drug-likeness (QED) is 0.812. The van der Waals surface area contributed by atoms with Gasteiger partial charge in [0.25, 0.3) is 0 Å². The smallest absolute Gasteiger partial charge is 0.144 e. The third-order valence-corrected chi connectivity index (χ3v) is 3.35. The van der Waals surface area contributed by atoms with Gasteiger partial charge in [-0.1, -0.05) is 6.07 Å². The molecule has 1 aliphatic rings. The highest BCUT2D eigenvalue weighted by Crippen LogP contribution is 2.33. The second-order valence-electron chi connectivity index (χ2n) is 3.49. The van der Waals surface area contributed by atoms with E-state index in [0.717, 1.165) is 19.5 Å². The lowest BCUT2D eigenvalue weighted by atomic mass is 9.98. The predicted octanol–water partition coefficient (Wildman–Crippen LogP) is 2.37. The standard InChI is InChI=1S/C10H11BrFNO/c11-9-8(14)2-1-7(10(9)12)6-3-4-13-5-6/h1-2,6,13-14H,3-5H2. The van der Waals surface area contributed by atoms with E-state index in [1.165, 1.54) is 6.07 Å². The third kappa shape index (κ3) is 1.64. The first-order valence-electron chi connectivity index (χ1n) is 4.57. The summed E-state index contributed by atoms with van der Waals surface area (Å²) in [6.45, 7) is 1.75. The van der Waals surface area contributed by atoms with Crippen molar-refractivity contribution < 1.29 is 9.50 Å². The van der Waals surface area contributed by atoms with Gasteiger partial charge in [-0.15, -0.1) is 0 Å². The Morgan fingerprint density at radius 1 is 1.50 bits per heavy atom. The molecule has 0 aromatic heterocycles. The van der Waals surface area contributed by atoms with Crippen LogP contribution in [0.15, 0.2) is 16.6 Å². The Balaban J connectivity index is 2.38. The summed E-state index contributed by atoms with van der Waals surface area (Å²) in [6.07, 6.45) is 0.953. The van der Waals surface area contributed by atoms with Gasteiger partial charge in [-0.3, -0.25) is 0 Å². The van der Waals surface area contributed by atoms with E-state index >= 15 is 0 Å². The minimum Gasteiger partial charge on any atom is -0.507 e. The number of phenolic OH excluding ortho intramolecular Hbond substituents is 1. The molecule has 1 saturated heterocycles. The molecule has 0 saturated carbocycles. The fourth-order valence-corrected chi connectivity index (χ4v) is 2.15. The Morgan fingerprint density at radius 2 is 2.29 bits per heavy atom. The van der Waals surface area contributed by atoms with Crippen molar-refractivity contribution in [2.24, 2.45) is 0 Å². The molecule has 76 valence electrons. The summed E-state index contributed by atoms with van der Waals surface area (Å²) in [5, 5.41) is 12.5. The zero-order valence-electron chi connectivity index (χ0n) is 7.56. The normalized spacial score (nSPS) is 21.4. The van der Waals surface area contributed by atoms with Crippen molar-refractivity contribution >= 4 is 15.9 Å². The average Bonchev–Trinajstić information content (AvgIpc) is 2.67. The van der Waals surface area contributed by atoms with Crippen molar-refractivity contribution in [3.63, 3.8) is 0 Å². The maximum atomic E-state index is 13.7. The maximum Gasteiger partial charge on any atom is 0.144 e. The Morgan fingerprint density at radius 3 is 2.93 bits per heavy atom. The van der Waals surface area contributed by atoms with Crippen molar-refractivity contribution in [1.82, 2.24) is 5.32 Å². The maximum absolute atomic E-state index is 13.7. The summed E-state index contributed by atoms with van der Waals surface area (Å²) in [5.41, 5.74) is 0.680. The molecule has 1 atom stereocenters. The van der Waals surface area contributed by atoms with Crippen LogP contribution in [0.4, 0.5) is 4.39 Å².